The zero-order chi connectivity index (χ0) is 16.8. The highest BCUT2D eigenvalue weighted by Gasteiger charge is 2.15. The molecule has 2 rings (SSSR count). The molecule has 6 heteroatoms. The van der Waals surface area contributed by atoms with Gasteiger partial charge in [0.05, 0.1) is 12.2 Å². The van der Waals surface area contributed by atoms with Gasteiger partial charge in [-0.15, -0.1) is 0 Å². The lowest BCUT2D eigenvalue weighted by Gasteiger charge is -2.20. The Bertz CT molecular complexity index is 704. The van der Waals surface area contributed by atoms with Crippen LogP contribution in [0.4, 0.5) is 5.69 Å². The number of hydrogen-bond donors (Lipinski definition) is 1. The second kappa shape index (κ2) is 7.87. The third kappa shape index (κ3) is 5.17. The molecule has 23 heavy (non-hydrogen) atoms. The Morgan fingerprint density at radius 1 is 1.26 bits per heavy atom. The van der Waals surface area contributed by atoms with Gasteiger partial charge in [-0.2, -0.15) is 0 Å². The van der Waals surface area contributed by atoms with Crippen LogP contribution in [0.2, 0.25) is 0 Å². The largest absolute Gasteiger partial charge is 0.328 e. The van der Waals surface area contributed by atoms with Crippen LogP contribution in [0.3, 0.4) is 0 Å². The molecule has 1 heterocycles. The van der Waals surface area contributed by atoms with Crippen LogP contribution >= 0.6 is 15.9 Å². The van der Waals surface area contributed by atoms with Gasteiger partial charge in [0.1, 0.15) is 6.54 Å². The number of rotatable bonds is 5. The van der Waals surface area contributed by atoms with E-state index in [1.54, 1.807) is 6.20 Å². The fourth-order valence-corrected chi connectivity index (χ4v) is 2.31. The number of carbonyl (C=O) groups is 2. The Labute approximate surface area is 143 Å². The van der Waals surface area contributed by atoms with Gasteiger partial charge in [0.2, 0.25) is 11.8 Å². The molecule has 1 N–H and O–H groups in total. The molecule has 0 radical (unpaired) electrons. The van der Waals surface area contributed by atoms with Crippen molar-refractivity contribution in [1.82, 2.24) is 9.88 Å². The molecular formula is C17H18BrN3O2. The van der Waals surface area contributed by atoms with Crippen LogP contribution < -0.4 is 5.32 Å². The van der Waals surface area contributed by atoms with Gasteiger partial charge in [0, 0.05) is 23.3 Å². The number of nitrogens with zero attached hydrogens (tertiary/aromatic N) is 2. The van der Waals surface area contributed by atoms with E-state index in [4.69, 9.17) is 0 Å². The molecule has 0 unspecified atom stereocenters. The first-order chi connectivity index (χ1) is 11.0. The Hall–Kier alpha value is -2.21. The second-order valence-electron chi connectivity index (χ2n) is 5.21. The summed E-state index contributed by atoms with van der Waals surface area (Å²) in [5, 5.41) is 2.81. The van der Waals surface area contributed by atoms with Crippen molar-refractivity contribution < 1.29 is 9.59 Å². The summed E-state index contributed by atoms with van der Waals surface area (Å²) in [7, 11) is 0. The molecule has 1 aromatic carbocycles. The van der Waals surface area contributed by atoms with Crippen molar-refractivity contribution in [2.24, 2.45) is 0 Å². The summed E-state index contributed by atoms with van der Waals surface area (Å²) in [6, 6.07) is 11.0. The molecular weight excluding hydrogens is 358 g/mol. The zero-order valence-corrected chi connectivity index (χ0v) is 14.6. The molecule has 120 valence electrons. The number of aromatic nitrogens is 1. The molecule has 0 aliphatic heterocycles. The van der Waals surface area contributed by atoms with E-state index in [0.29, 0.717) is 12.2 Å². The highest BCUT2D eigenvalue weighted by Crippen LogP contribution is 2.20. The molecule has 0 fully saturated rings. The van der Waals surface area contributed by atoms with Gasteiger partial charge >= 0.3 is 0 Å². The Morgan fingerprint density at radius 2 is 2.04 bits per heavy atom. The predicted molar refractivity (Wildman–Crippen MR) is 92.8 cm³/mol. The maximum Gasteiger partial charge on any atom is 0.244 e. The molecule has 0 bridgehead atoms. The van der Waals surface area contributed by atoms with Crippen LogP contribution in [-0.4, -0.2) is 28.2 Å². The number of carbonyl (C=O) groups excluding carboxylic acids is 2. The van der Waals surface area contributed by atoms with Crippen molar-refractivity contribution in [2.45, 2.75) is 20.4 Å². The molecule has 2 amide bonds. The van der Waals surface area contributed by atoms with Crippen molar-refractivity contribution in [2.75, 3.05) is 11.9 Å². The molecule has 1 aromatic heterocycles. The number of anilines is 1. The minimum atomic E-state index is -0.238. The van der Waals surface area contributed by atoms with Crippen LogP contribution in [-0.2, 0) is 16.1 Å². The number of pyridine rings is 1. The lowest BCUT2D eigenvalue weighted by atomic mass is 10.2. The lowest BCUT2D eigenvalue weighted by molar-refractivity contribution is -0.133. The first-order valence-electron chi connectivity index (χ1n) is 7.17. The first kappa shape index (κ1) is 17.1. The molecule has 0 aliphatic carbocycles. The van der Waals surface area contributed by atoms with Crippen molar-refractivity contribution in [1.29, 1.82) is 0 Å². The summed E-state index contributed by atoms with van der Waals surface area (Å²) in [5.74, 6) is -0.407. The summed E-state index contributed by atoms with van der Waals surface area (Å²) >= 11 is 3.42. The number of nitrogens with one attached hydrogen (secondary N) is 1. The SMILES string of the molecule is CC(=O)N(CC(=O)Nc1ccc(Br)c(C)c1)Cc1ccccn1. The summed E-state index contributed by atoms with van der Waals surface area (Å²) < 4.78 is 0.982. The monoisotopic (exact) mass is 375 g/mol. The Morgan fingerprint density at radius 3 is 2.65 bits per heavy atom. The van der Waals surface area contributed by atoms with E-state index >= 15 is 0 Å². The normalized spacial score (nSPS) is 10.2. The molecule has 0 saturated carbocycles. The fraction of sp³-hybridized carbons (Fsp3) is 0.235. The maximum atomic E-state index is 12.2. The topological polar surface area (TPSA) is 62.3 Å². The van der Waals surface area contributed by atoms with Crippen LogP contribution in [0, 0.1) is 6.92 Å². The third-order valence-corrected chi connectivity index (χ3v) is 4.19. The highest BCUT2D eigenvalue weighted by atomic mass is 79.9. The molecule has 0 spiro atoms. The summed E-state index contributed by atoms with van der Waals surface area (Å²) in [6.07, 6.45) is 1.67. The molecule has 2 aromatic rings. The van der Waals surface area contributed by atoms with Gasteiger partial charge in [0.15, 0.2) is 0 Å². The van der Waals surface area contributed by atoms with E-state index < -0.39 is 0 Å². The van der Waals surface area contributed by atoms with Crippen molar-refractivity contribution >= 4 is 33.4 Å². The van der Waals surface area contributed by atoms with Crippen molar-refractivity contribution in [3.63, 3.8) is 0 Å². The average Bonchev–Trinajstić information content (AvgIpc) is 2.51. The summed E-state index contributed by atoms with van der Waals surface area (Å²) in [4.78, 5) is 29.6. The quantitative estimate of drug-likeness (QED) is 0.872. The predicted octanol–water partition coefficient (Wildman–Crippen LogP) is 3.14. The van der Waals surface area contributed by atoms with E-state index in [1.807, 2.05) is 43.3 Å². The maximum absolute atomic E-state index is 12.2. The zero-order valence-electron chi connectivity index (χ0n) is 13.0. The van der Waals surface area contributed by atoms with E-state index in [1.165, 1.54) is 11.8 Å². The number of hydrogen-bond acceptors (Lipinski definition) is 3. The van der Waals surface area contributed by atoms with E-state index in [0.717, 1.165) is 15.7 Å². The molecule has 5 nitrogen and oxygen atoms in total. The van der Waals surface area contributed by atoms with Gasteiger partial charge in [-0.1, -0.05) is 22.0 Å². The average molecular weight is 376 g/mol. The van der Waals surface area contributed by atoms with Gasteiger partial charge in [0.25, 0.3) is 0 Å². The lowest BCUT2D eigenvalue weighted by Crippen LogP contribution is -2.36. The molecule has 0 aliphatic rings. The molecule has 0 saturated heterocycles. The molecule has 0 atom stereocenters. The van der Waals surface area contributed by atoms with Gasteiger partial charge in [-0.05, 0) is 42.8 Å². The number of halogens is 1. The van der Waals surface area contributed by atoms with Crippen LogP contribution in [0.15, 0.2) is 47.1 Å². The van der Waals surface area contributed by atoms with Gasteiger partial charge in [-0.25, -0.2) is 0 Å². The van der Waals surface area contributed by atoms with E-state index in [9.17, 15) is 9.59 Å². The second-order valence-corrected chi connectivity index (χ2v) is 6.06. The van der Waals surface area contributed by atoms with E-state index in [-0.39, 0.29) is 18.4 Å². The fourth-order valence-electron chi connectivity index (χ4n) is 2.06. The van der Waals surface area contributed by atoms with Gasteiger partial charge < -0.3 is 10.2 Å². The first-order valence-corrected chi connectivity index (χ1v) is 7.96. The third-order valence-electron chi connectivity index (χ3n) is 3.30. The Kier molecular flexibility index (Phi) is 5.87. The highest BCUT2D eigenvalue weighted by molar-refractivity contribution is 9.10. The van der Waals surface area contributed by atoms with Crippen LogP contribution in [0.1, 0.15) is 18.2 Å². The van der Waals surface area contributed by atoms with Crippen LogP contribution in [0.5, 0.6) is 0 Å². The van der Waals surface area contributed by atoms with Crippen molar-refractivity contribution in [3.8, 4) is 0 Å². The number of benzene rings is 1. The Balaban J connectivity index is 2.00. The van der Waals surface area contributed by atoms with E-state index in [2.05, 4.69) is 26.2 Å². The van der Waals surface area contributed by atoms with Crippen molar-refractivity contribution in [3.05, 3.63) is 58.3 Å². The number of aryl methyl sites for hydroxylation is 1. The van der Waals surface area contributed by atoms with Gasteiger partial charge in [-0.3, -0.25) is 14.6 Å². The summed E-state index contributed by atoms with van der Waals surface area (Å²) in [6.45, 7) is 3.69. The summed E-state index contributed by atoms with van der Waals surface area (Å²) in [5.41, 5.74) is 2.48. The minimum Gasteiger partial charge on any atom is -0.328 e. The minimum absolute atomic E-state index is 0.0129. The smallest absolute Gasteiger partial charge is 0.244 e. The van der Waals surface area contributed by atoms with Crippen LogP contribution in [0.25, 0.3) is 0 Å². The standard InChI is InChI=1S/C17H18BrN3O2/c1-12-9-14(6-7-16(12)18)20-17(23)11-21(13(2)22)10-15-5-3-4-8-19-15/h3-9H,10-11H2,1-2H3,(H,20,23). The number of amides is 2.